The molecule has 3 fully saturated rings. The molecule has 0 spiro atoms. The minimum absolute atomic E-state index is 0.0306. The van der Waals surface area contributed by atoms with Gasteiger partial charge in [0.2, 0.25) is 0 Å². The van der Waals surface area contributed by atoms with Gasteiger partial charge in [0.1, 0.15) is 36.5 Å². The van der Waals surface area contributed by atoms with Crippen molar-refractivity contribution in [3.63, 3.8) is 0 Å². The molecule has 4 atom stereocenters. The number of alkyl halides is 3. The highest BCUT2D eigenvalue weighted by molar-refractivity contribution is 6.76. The molecule has 0 radical (unpaired) electrons. The van der Waals surface area contributed by atoms with Crippen molar-refractivity contribution < 1.29 is 27.4 Å². The Balaban J connectivity index is 1.04. The molecule has 2 saturated carbocycles. The number of aryl methyl sites for hydroxylation is 1. The molecule has 1 aromatic carbocycles. The maximum absolute atomic E-state index is 13.7. The number of ether oxygens (including phenoxy) is 3. The van der Waals surface area contributed by atoms with Crippen LogP contribution in [0.5, 0.6) is 0 Å². The van der Waals surface area contributed by atoms with Gasteiger partial charge in [0.15, 0.2) is 5.79 Å². The second-order valence-corrected chi connectivity index (χ2v) is 23.1. The van der Waals surface area contributed by atoms with E-state index in [9.17, 15) is 13.2 Å². The minimum atomic E-state index is -4.42. The van der Waals surface area contributed by atoms with E-state index < -0.39 is 25.6 Å². The first-order valence-electron chi connectivity index (χ1n) is 20.5. The van der Waals surface area contributed by atoms with Gasteiger partial charge in [-0.15, -0.1) is 0 Å². The molecule has 1 N–H and O–H groups in total. The zero-order valence-corrected chi connectivity index (χ0v) is 34.7. The summed E-state index contributed by atoms with van der Waals surface area (Å²) in [5, 5.41) is 4.62. The Morgan fingerprint density at radius 3 is 2.51 bits per heavy atom. The summed E-state index contributed by atoms with van der Waals surface area (Å²) >= 11 is 0. The van der Waals surface area contributed by atoms with E-state index in [1.165, 1.54) is 25.0 Å². The molecule has 0 amide bonds. The van der Waals surface area contributed by atoms with Gasteiger partial charge in [-0.3, -0.25) is 0 Å². The summed E-state index contributed by atoms with van der Waals surface area (Å²) < 4.78 is 65.1. The second-order valence-electron chi connectivity index (χ2n) is 17.5. The number of aromatic nitrogens is 5. The molecule has 3 aromatic heterocycles. The Morgan fingerprint density at radius 1 is 1.05 bits per heavy atom. The van der Waals surface area contributed by atoms with Crippen LogP contribution in [-0.4, -0.2) is 86.8 Å². The average molecular weight is 784 g/mol. The third-order valence-electron chi connectivity index (χ3n) is 11.9. The van der Waals surface area contributed by atoms with Crippen LogP contribution in [0.15, 0.2) is 36.8 Å². The largest absolute Gasteiger partial charge is 0.416 e. The van der Waals surface area contributed by atoms with Crippen LogP contribution in [0.2, 0.25) is 25.7 Å². The number of rotatable bonds is 18. The van der Waals surface area contributed by atoms with E-state index >= 15 is 0 Å². The third-order valence-corrected chi connectivity index (χ3v) is 13.6. The number of nitrogens with one attached hydrogen (secondary N) is 1. The number of hydrogen-bond acceptors (Lipinski definition) is 8. The molecule has 1 saturated heterocycles. The number of anilines is 1. The second kappa shape index (κ2) is 16.1. The summed E-state index contributed by atoms with van der Waals surface area (Å²) in [7, 11) is -1.32. The van der Waals surface area contributed by atoms with Gasteiger partial charge in [0.25, 0.3) is 0 Å². The van der Waals surface area contributed by atoms with Crippen molar-refractivity contribution in [2.24, 2.45) is 5.92 Å². The fourth-order valence-corrected chi connectivity index (χ4v) is 9.14. The molecule has 4 aromatic rings. The summed E-state index contributed by atoms with van der Waals surface area (Å²) in [6, 6.07) is 7.84. The Morgan fingerprint density at radius 2 is 1.82 bits per heavy atom. The predicted molar refractivity (Wildman–Crippen MR) is 213 cm³/mol. The van der Waals surface area contributed by atoms with Crippen LogP contribution in [-0.2, 0) is 33.5 Å². The first-order valence-corrected chi connectivity index (χ1v) is 24.2. The maximum atomic E-state index is 13.7. The Bertz CT molecular complexity index is 1920. The molecular weight excluding hydrogens is 724 g/mol. The molecule has 14 heteroatoms. The zero-order chi connectivity index (χ0) is 39.1. The number of imidazole rings is 1. The Hall–Kier alpha value is -3.04. The number of halogens is 3. The molecule has 55 heavy (non-hydrogen) atoms. The van der Waals surface area contributed by atoms with Gasteiger partial charge in [-0.1, -0.05) is 33.5 Å². The highest BCUT2D eigenvalue weighted by atomic mass is 28.3. The van der Waals surface area contributed by atoms with E-state index in [0.717, 1.165) is 80.0 Å². The lowest BCUT2D eigenvalue weighted by atomic mass is 10.0. The van der Waals surface area contributed by atoms with Crippen LogP contribution in [0.25, 0.3) is 22.1 Å². The quantitative estimate of drug-likeness (QED) is 0.0790. The van der Waals surface area contributed by atoms with E-state index in [0.29, 0.717) is 36.1 Å². The normalized spacial score (nSPS) is 22.8. The van der Waals surface area contributed by atoms with E-state index in [4.69, 9.17) is 24.2 Å². The summed E-state index contributed by atoms with van der Waals surface area (Å²) in [4.78, 5) is 16.7. The molecule has 1 aliphatic heterocycles. The number of unbranched alkanes of at least 4 members (excludes halogenated alkanes) is 1. The predicted octanol–water partition coefficient (Wildman–Crippen LogP) is 9.28. The molecular formula is C41H60F3N7O3Si. The van der Waals surface area contributed by atoms with E-state index in [1.807, 2.05) is 4.57 Å². The van der Waals surface area contributed by atoms with Gasteiger partial charge in [0, 0.05) is 51.8 Å². The lowest BCUT2D eigenvalue weighted by Gasteiger charge is -2.33. The monoisotopic (exact) mass is 783 g/mol. The van der Waals surface area contributed by atoms with Crippen LogP contribution in [0, 0.1) is 5.92 Å². The maximum Gasteiger partial charge on any atom is 0.416 e. The van der Waals surface area contributed by atoms with E-state index in [-0.39, 0.29) is 30.9 Å². The van der Waals surface area contributed by atoms with Gasteiger partial charge in [-0.2, -0.15) is 13.2 Å². The number of benzene rings is 1. The third kappa shape index (κ3) is 8.93. The molecule has 302 valence electrons. The van der Waals surface area contributed by atoms with Crippen molar-refractivity contribution in [2.45, 2.75) is 154 Å². The topological polar surface area (TPSA) is 91.5 Å². The van der Waals surface area contributed by atoms with Crippen LogP contribution in [0.1, 0.15) is 90.1 Å². The fourth-order valence-electron chi connectivity index (χ4n) is 8.38. The fraction of sp³-hybridized carbons (Fsp3) is 0.683. The molecule has 10 nitrogen and oxygen atoms in total. The number of fused-ring (bicyclic) bond motifs is 3. The molecule has 0 unspecified atom stereocenters. The molecule has 3 aliphatic rings. The minimum Gasteiger partial charge on any atom is -0.367 e. The van der Waals surface area contributed by atoms with Crippen molar-refractivity contribution in [1.82, 2.24) is 29.0 Å². The SMILES string of the molecule is CCC1(CC)O[C@@H]2[C@@H](CN(CCCCc3nc4ccc(C(F)(F)F)cc4n3COCC[Si](C)(C)C)C(C)C)C[C@@H](n3ccc4c(NC5CC5)ncnc43)[C@@H]2O1. The molecule has 0 bridgehead atoms. The van der Waals surface area contributed by atoms with Gasteiger partial charge < -0.3 is 33.6 Å². The highest BCUT2D eigenvalue weighted by Gasteiger charge is 2.56. The lowest BCUT2D eigenvalue weighted by Crippen LogP contribution is -2.40. The lowest BCUT2D eigenvalue weighted by molar-refractivity contribution is -0.191. The van der Waals surface area contributed by atoms with Crippen molar-refractivity contribution in [2.75, 3.05) is 25.0 Å². The highest BCUT2D eigenvalue weighted by Crippen LogP contribution is 2.50. The van der Waals surface area contributed by atoms with Crippen molar-refractivity contribution in [1.29, 1.82) is 0 Å². The Kier molecular flexibility index (Phi) is 11.7. The number of nitrogens with zero attached hydrogens (tertiary/aromatic N) is 6. The first-order chi connectivity index (χ1) is 26.2. The standard InChI is InChI=1S/C41H60F3N7O3Si/c1-8-40(9-2)53-36-28(22-34(37(36)54-40)50-19-17-31-38(47-30-14-15-30)45-25-46-39(31)50)24-49(27(3)4)18-11-10-12-35-48-32-16-13-29(41(42,43)44)23-33(32)51(35)26-52-20-21-55(5,6)7/h13,16-17,19,23,25,27-28,30,34,36-37H,8-12,14-15,18,20-22,24,26H2,1-7H3,(H,45,46,47)/t28-,34-,36-,37+/m1/s1. The summed E-state index contributed by atoms with van der Waals surface area (Å²) in [6.07, 6.45) is 6.57. The van der Waals surface area contributed by atoms with Crippen LogP contribution < -0.4 is 5.32 Å². The van der Waals surface area contributed by atoms with Gasteiger partial charge >= 0.3 is 6.18 Å². The Labute approximate surface area is 324 Å². The molecule has 4 heterocycles. The summed E-state index contributed by atoms with van der Waals surface area (Å²) in [5.41, 5.74) is 1.30. The van der Waals surface area contributed by atoms with Crippen molar-refractivity contribution >= 4 is 36.0 Å². The summed E-state index contributed by atoms with van der Waals surface area (Å²) in [5.74, 6) is 1.35. The van der Waals surface area contributed by atoms with Gasteiger partial charge in [0.05, 0.1) is 34.1 Å². The van der Waals surface area contributed by atoms with Crippen molar-refractivity contribution in [3.8, 4) is 0 Å². The smallest absolute Gasteiger partial charge is 0.367 e. The number of hydrogen-bond donors (Lipinski definition) is 1. The van der Waals surface area contributed by atoms with Gasteiger partial charge in [-0.05, 0) is 95.6 Å². The van der Waals surface area contributed by atoms with E-state index in [2.05, 4.69) is 79.4 Å². The van der Waals surface area contributed by atoms with Crippen LogP contribution in [0.4, 0.5) is 19.0 Å². The van der Waals surface area contributed by atoms with Crippen LogP contribution >= 0.6 is 0 Å². The van der Waals surface area contributed by atoms with E-state index in [1.54, 1.807) is 6.33 Å². The average Bonchev–Trinajstić information content (AvgIpc) is 3.43. The van der Waals surface area contributed by atoms with Crippen molar-refractivity contribution in [3.05, 3.63) is 48.2 Å². The summed E-state index contributed by atoms with van der Waals surface area (Å²) in [6.45, 7) is 18.2. The van der Waals surface area contributed by atoms with Gasteiger partial charge in [-0.25, -0.2) is 15.0 Å². The molecule has 2 aliphatic carbocycles. The molecule has 7 rings (SSSR count). The first kappa shape index (κ1) is 40.2. The van der Waals surface area contributed by atoms with Crippen LogP contribution in [0.3, 0.4) is 0 Å². The zero-order valence-electron chi connectivity index (χ0n) is 33.7.